The topological polar surface area (TPSA) is 46.5 Å². The minimum atomic E-state index is -0.979. The van der Waals surface area contributed by atoms with Gasteiger partial charge in [0, 0.05) is 10.5 Å². The minimum Gasteiger partial charge on any atom is -0.489 e. The lowest BCUT2D eigenvalue weighted by molar-refractivity contribution is -0.131. The van der Waals surface area contributed by atoms with Crippen LogP contribution in [-0.2, 0) is 11.4 Å². The van der Waals surface area contributed by atoms with E-state index in [1.54, 1.807) is 6.07 Å². The molecular weight excluding hydrogens is 332 g/mol. The standard InChI is InChI=1S/C17H15BrO3/c1-12-3-2-4-13(9-12)11-21-15-6-7-16(18)14(10-15)5-8-17(19)20/h2-10H,11H2,1H3,(H,19,20)/b8-5+. The monoisotopic (exact) mass is 346 g/mol. The number of carboxylic acids is 1. The first-order valence-electron chi connectivity index (χ1n) is 6.43. The molecule has 0 spiro atoms. The number of carboxylic acid groups (broad SMARTS) is 1. The molecule has 0 saturated heterocycles. The van der Waals surface area contributed by atoms with Gasteiger partial charge in [-0.1, -0.05) is 45.8 Å². The molecule has 2 aromatic rings. The zero-order valence-corrected chi connectivity index (χ0v) is 13.1. The third-order valence-corrected chi connectivity index (χ3v) is 3.58. The number of halogens is 1. The molecule has 0 saturated carbocycles. The summed E-state index contributed by atoms with van der Waals surface area (Å²) in [6.45, 7) is 2.52. The van der Waals surface area contributed by atoms with Crippen molar-refractivity contribution in [3.8, 4) is 5.75 Å². The predicted molar refractivity (Wildman–Crippen MR) is 86.3 cm³/mol. The summed E-state index contributed by atoms with van der Waals surface area (Å²) < 4.78 is 6.57. The van der Waals surface area contributed by atoms with Crippen molar-refractivity contribution >= 4 is 28.0 Å². The molecule has 0 aliphatic heterocycles. The van der Waals surface area contributed by atoms with Gasteiger partial charge in [0.25, 0.3) is 0 Å². The molecule has 0 heterocycles. The zero-order valence-electron chi connectivity index (χ0n) is 11.5. The molecule has 0 fully saturated rings. The molecule has 21 heavy (non-hydrogen) atoms. The molecule has 0 aliphatic carbocycles. The lowest BCUT2D eigenvalue weighted by Crippen LogP contribution is -1.96. The Morgan fingerprint density at radius 2 is 2.10 bits per heavy atom. The molecule has 108 valence electrons. The number of benzene rings is 2. The van der Waals surface area contributed by atoms with Crippen LogP contribution in [0.5, 0.6) is 5.75 Å². The summed E-state index contributed by atoms with van der Waals surface area (Å²) >= 11 is 3.39. The van der Waals surface area contributed by atoms with Gasteiger partial charge in [0.05, 0.1) is 0 Å². The van der Waals surface area contributed by atoms with E-state index < -0.39 is 5.97 Å². The molecule has 0 bridgehead atoms. The van der Waals surface area contributed by atoms with Gasteiger partial charge in [0.1, 0.15) is 12.4 Å². The maximum atomic E-state index is 10.6. The summed E-state index contributed by atoms with van der Waals surface area (Å²) in [5.74, 6) is -0.280. The molecule has 4 heteroatoms. The van der Waals surface area contributed by atoms with Gasteiger partial charge in [-0.3, -0.25) is 0 Å². The van der Waals surface area contributed by atoms with Gasteiger partial charge in [-0.2, -0.15) is 0 Å². The Hall–Kier alpha value is -2.07. The molecule has 2 rings (SSSR count). The van der Waals surface area contributed by atoms with Gasteiger partial charge < -0.3 is 9.84 Å². The van der Waals surface area contributed by atoms with E-state index in [1.807, 2.05) is 37.3 Å². The molecule has 0 amide bonds. The van der Waals surface area contributed by atoms with E-state index in [1.165, 1.54) is 11.6 Å². The summed E-state index contributed by atoms with van der Waals surface area (Å²) in [6.07, 6.45) is 2.64. The molecule has 0 aliphatic rings. The molecule has 0 unspecified atom stereocenters. The van der Waals surface area contributed by atoms with Crippen molar-refractivity contribution in [2.75, 3.05) is 0 Å². The maximum absolute atomic E-state index is 10.6. The number of aryl methyl sites for hydroxylation is 1. The molecule has 0 atom stereocenters. The van der Waals surface area contributed by atoms with E-state index in [2.05, 4.69) is 22.0 Å². The Labute approximate surface area is 132 Å². The first-order valence-corrected chi connectivity index (χ1v) is 7.23. The number of ether oxygens (including phenoxy) is 1. The van der Waals surface area contributed by atoms with Gasteiger partial charge in [-0.05, 0) is 42.3 Å². The summed E-state index contributed by atoms with van der Waals surface area (Å²) in [5.41, 5.74) is 3.05. The zero-order chi connectivity index (χ0) is 15.2. The number of aliphatic carboxylic acids is 1. The van der Waals surface area contributed by atoms with Crippen LogP contribution in [0.2, 0.25) is 0 Å². The number of rotatable bonds is 5. The van der Waals surface area contributed by atoms with Gasteiger partial charge in [0.2, 0.25) is 0 Å². The summed E-state index contributed by atoms with van der Waals surface area (Å²) in [4.78, 5) is 10.6. The van der Waals surface area contributed by atoms with Gasteiger partial charge in [-0.25, -0.2) is 4.79 Å². The Bertz CT molecular complexity index is 677. The van der Waals surface area contributed by atoms with Crippen molar-refractivity contribution in [2.24, 2.45) is 0 Å². The van der Waals surface area contributed by atoms with E-state index in [9.17, 15) is 4.79 Å². The van der Waals surface area contributed by atoms with Crippen molar-refractivity contribution in [1.82, 2.24) is 0 Å². The largest absolute Gasteiger partial charge is 0.489 e. The molecule has 3 nitrogen and oxygen atoms in total. The first kappa shape index (κ1) is 15.3. The SMILES string of the molecule is Cc1cccc(COc2ccc(Br)c(/C=C/C(=O)O)c2)c1. The third kappa shape index (κ3) is 4.76. The Kier molecular flexibility index (Phi) is 5.17. The van der Waals surface area contributed by atoms with Crippen LogP contribution in [0.1, 0.15) is 16.7 Å². The average Bonchev–Trinajstić information content (AvgIpc) is 2.45. The molecule has 0 aromatic heterocycles. The molecular formula is C17H15BrO3. The highest BCUT2D eigenvalue weighted by Crippen LogP contribution is 2.24. The Balaban J connectivity index is 2.10. The van der Waals surface area contributed by atoms with Crippen LogP contribution >= 0.6 is 15.9 Å². The smallest absolute Gasteiger partial charge is 0.328 e. The third-order valence-electron chi connectivity index (χ3n) is 2.86. The van der Waals surface area contributed by atoms with Crippen LogP contribution < -0.4 is 4.74 Å². The highest BCUT2D eigenvalue weighted by Gasteiger charge is 2.02. The second-order valence-corrected chi connectivity index (χ2v) is 5.49. The fourth-order valence-electron chi connectivity index (χ4n) is 1.87. The fraction of sp³-hybridized carbons (Fsp3) is 0.118. The van der Waals surface area contributed by atoms with Crippen molar-refractivity contribution < 1.29 is 14.6 Å². The van der Waals surface area contributed by atoms with Crippen molar-refractivity contribution in [2.45, 2.75) is 13.5 Å². The van der Waals surface area contributed by atoms with Crippen LogP contribution in [0.25, 0.3) is 6.08 Å². The van der Waals surface area contributed by atoms with Crippen LogP contribution in [-0.4, -0.2) is 11.1 Å². The van der Waals surface area contributed by atoms with Crippen LogP contribution in [0.3, 0.4) is 0 Å². The summed E-state index contributed by atoms with van der Waals surface area (Å²) in [7, 11) is 0. The van der Waals surface area contributed by atoms with Crippen LogP contribution in [0.4, 0.5) is 0 Å². The summed E-state index contributed by atoms with van der Waals surface area (Å²) in [5, 5.41) is 8.68. The number of carbonyl (C=O) groups is 1. The number of hydrogen-bond donors (Lipinski definition) is 1. The quantitative estimate of drug-likeness (QED) is 0.814. The second kappa shape index (κ2) is 7.09. The van der Waals surface area contributed by atoms with E-state index in [-0.39, 0.29) is 0 Å². The highest BCUT2D eigenvalue weighted by atomic mass is 79.9. The normalized spacial score (nSPS) is 10.8. The minimum absolute atomic E-state index is 0.478. The Morgan fingerprint density at radius 1 is 1.29 bits per heavy atom. The fourth-order valence-corrected chi connectivity index (χ4v) is 2.25. The first-order chi connectivity index (χ1) is 10.0. The van der Waals surface area contributed by atoms with E-state index in [0.717, 1.165) is 21.7 Å². The highest BCUT2D eigenvalue weighted by molar-refractivity contribution is 9.10. The van der Waals surface area contributed by atoms with Crippen LogP contribution in [0.15, 0.2) is 53.0 Å². The number of hydrogen-bond acceptors (Lipinski definition) is 2. The average molecular weight is 347 g/mol. The molecule has 0 radical (unpaired) electrons. The predicted octanol–water partition coefficient (Wildman–Crippen LogP) is 4.43. The van der Waals surface area contributed by atoms with E-state index in [0.29, 0.717) is 12.4 Å². The second-order valence-electron chi connectivity index (χ2n) is 4.63. The van der Waals surface area contributed by atoms with Gasteiger partial charge in [-0.15, -0.1) is 0 Å². The van der Waals surface area contributed by atoms with Gasteiger partial charge >= 0.3 is 5.97 Å². The van der Waals surface area contributed by atoms with Crippen molar-refractivity contribution in [3.63, 3.8) is 0 Å². The van der Waals surface area contributed by atoms with E-state index >= 15 is 0 Å². The molecule has 2 aromatic carbocycles. The van der Waals surface area contributed by atoms with Crippen LogP contribution in [0, 0.1) is 6.92 Å². The van der Waals surface area contributed by atoms with Crippen molar-refractivity contribution in [3.05, 3.63) is 69.7 Å². The molecule has 1 N–H and O–H groups in total. The van der Waals surface area contributed by atoms with Crippen molar-refractivity contribution in [1.29, 1.82) is 0 Å². The lowest BCUT2D eigenvalue weighted by Gasteiger charge is -2.08. The Morgan fingerprint density at radius 3 is 2.81 bits per heavy atom. The lowest BCUT2D eigenvalue weighted by atomic mass is 10.1. The van der Waals surface area contributed by atoms with E-state index in [4.69, 9.17) is 9.84 Å². The summed E-state index contributed by atoms with van der Waals surface area (Å²) in [6, 6.07) is 13.6. The maximum Gasteiger partial charge on any atom is 0.328 e. The van der Waals surface area contributed by atoms with Gasteiger partial charge in [0.15, 0.2) is 0 Å².